The Labute approximate surface area is 72.0 Å². The van der Waals surface area contributed by atoms with Crippen molar-refractivity contribution < 1.29 is 8.78 Å². The number of allylic oxidation sites excluding steroid dienone is 4. The van der Waals surface area contributed by atoms with E-state index in [2.05, 4.69) is 0 Å². The molecular formula is C10H14F2. The topological polar surface area (TPSA) is 0 Å². The highest BCUT2D eigenvalue weighted by atomic mass is 19.1. The summed E-state index contributed by atoms with van der Waals surface area (Å²) < 4.78 is 26.1. The normalized spacial score (nSPS) is 19.0. The van der Waals surface area contributed by atoms with Crippen molar-refractivity contribution in [3.05, 3.63) is 22.8 Å². The minimum Gasteiger partial charge on any atom is -0.211 e. The molecule has 0 fully saturated rings. The lowest BCUT2D eigenvalue weighted by Gasteiger charge is -2.14. The molecular weight excluding hydrogens is 158 g/mol. The van der Waals surface area contributed by atoms with Crippen LogP contribution >= 0.6 is 0 Å². The van der Waals surface area contributed by atoms with Crippen LogP contribution in [0.25, 0.3) is 0 Å². The quantitative estimate of drug-likeness (QED) is 0.589. The molecule has 1 aliphatic carbocycles. The molecule has 0 saturated heterocycles. The molecule has 1 rings (SSSR count). The molecule has 0 spiro atoms. The van der Waals surface area contributed by atoms with Crippen molar-refractivity contribution >= 4 is 0 Å². The monoisotopic (exact) mass is 172 g/mol. The van der Waals surface area contributed by atoms with E-state index in [9.17, 15) is 8.78 Å². The molecule has 0 aromatic carbocycles. The van der Waals surface area contributed by atoms with Crippen LogP contribution in [-0.4, -0.2) is 0 Å². The minimum absolute atomic E-state index is 0.213. The largest absolute Gasteiger partial charge is 0.211 e. The molecule has 12 heavy (non-hydrogen) atoms. The summed E-state index contributed by atoms with van der Waals surface area (Å²) >= 11 is 0. The maximum Gasteiger partial charge on any atom is 0.127 e. The molecule has 0 heterocycles. The van der Waals surface area contributed by atoms with Crippen LogP contribution in [0.1, 0.15) is 39.5 Å². The summed E-state index contributed by atoms with van der Waals surface area (Å²) in [6.07, 6.45) is 2.63. The molecule has 0 nitrogen and oxygen atoms in total. The van der Waals surface area contributed by atoms with Gasteiger partial charge in [0.1, 0.15) is 11.7 Å². The van der Waals surface area contributed by atoms with E-state index in [1.807, 2.05) is 6.92 Å². The van der Waals surface area contributed by atoms with Gasteiger partial charge in [0.15, 0.2) is 0 Å². The predicted octanol–water partition coefficient (Wildman–Crippen LogP) is 4.05. The van der Waals surface area contributed by atoms with Gasteiger partial charge in [0, 0.05) is 12.0 Å². The molecule has 1 aliphatic rings. The van der Waals surface area contributed by atoms with E-state index in [0.29, 0.717) is 12.8 Å². The van der Waals surface area contributed by atoms with Gasteiger partial charge in [-0.25, -0.2) is 8.78 Å². The summed E-state index contributed by atoms with van der Waals surface area (Å²) in [5.41, 5.74) is 1.00. The second kappa shape index (κ2) is 3.83. The van der Waals surface area contributed by atoms with Crippen molar-refractivity contribution in [2.24, 2.45) is 0 Å². The van der Waals surface area contributed by atoms with Crippen molar-refractivity contribution in [3.8, 4) is 0 Å². The van der Waals surface area contributed by atoms with Gasteiger partial charge in [0.05, 0.1) is 0 Å². The predicted molar refractivity (Wildman–Crippen MR) is 46.1 cm³/mol. The first-order chi connectivity index (χ1) is 5.66. The van der Waals surface area contributed by atoms with Gasteiger partial charge in [-0.05, 0) is 25.3 Å². The van der Waals surface area contributed by atoms with E-state index in [1.165, 1.54) is 6.92 Å². The van der Waals surface area contributed by atoms with E-state index in [4.69, 9.17) is 0 Å². The molecule has 0 aromatic heterocycles. The van der Waals surface area contributed by atoms with Gasteiger partial charge in [0.25, 0.3) is 0 Å². The van der Waals surface area contributed by atoms with Gasteiger partial charge in [-0.3, -0.25) is 0 Å². The van der Waals surface area contributed by atoms with Gasteiger partial charge in [0.2, 0.25) is 0 Å². The summed E-state index contributed by atoms with van der Waals surface area (Å²) in [7, 11) is 0. The van der Waals surface area contributed by atoms with Gasteiger partial charge < -0.3 is 0 Å². The zero-order valence-corrected chi connectivity index (χ0v) is 7.58. The zero-order valence-electron chi connectivity index (χ0n) is 7.58. The molecule has 0 saturated carbocycles. The number of rotatable bonds is 2. The summed E-state index contributed by atoms with van der Waals surface area (Å²) in [6, 6.07) is 0. The number of hydrogen-bond donors (Lipinski definition) is 0. The van der Waals surface area contributed by atoms with E-state index < -0.39 is 0 Å². The van der Waals surface area contributed by atoms with Gasteiger partial charge in [-0.1, -0.05) is 13.3 Å². The maximum atomic E-state index is 13.3. The molecule has 0 bridgehead atoms. The highest BCUT2D eigenvalue weighted by Crippen LogP contribution is 2.33. The first kappa shape index (κ1) is 9.43. The summed E-state index contributed by atoms with van der Waals surface area (Å²) in [5, 5.41) is 0. The zero-order chi connectivity index (χ0) is 9.14. The van der Waals surface area contributed by atoms with Gasteiger partial charge in [-0.2, -0.15) is 0 Å². The van der Waals surface area contributed by atoms with Crippen molar-refractivity contribution in [1.29, 1.82) is 0 Å². The third-order valence-electron chi connectivity index (χ3n) is 2.24. The molecule has 0 atom stereocenters. The molecule has 0 unspecified atom stereocenters. The van der Waals surface area contributed by atoms with Crippen LogP contribution in [0.2, 0.25) is 0 Å². The molecule has 0 aromatic rings. The lowest BCUT2D eigenvalue weighted by molar-refractivity contribution is 0.521. The lowest BCUT2D eigenvalue weighted by atomic mass is 9.95. The SMILES string of the molecule is CCCC1=C(F)C(C)=C(F)CC1. The van der Waals surface area contributed by atoms with Crippen LogP contribution in [0.3, 0.4) is 0 Å². The standard InChI is InChI=1S/C10H14F2/c1-3-4-8-5-6-9(11)7(2)10(8)12/h3-6H2,1-2H3. The fourth-order valence-electron chi connectivity index (χ4n) is 1.48. The second-order valence-electron chi connectivity index (χ2n) is 3.20. The van der Waals surface area contributed by atoms with Crippen LogP contribution in [0.15, 0.2) is 22.8 Å². The second-order valence-corrected chi connectivity index (χ2v) is 3.20. The van der Waals surface area contributed by atoms with E-state index in [0.717, 1.165) is 18.4 Å². The third kappa shape index (κ3) is 1.74. The van der Waals surface area contributed by atoms with E-state index in [-0.39, 0.29) is 17.2 Å². The molecule has 0 aliphatic heterocycles. The van der Waals surface area contributed by atoms with Crippen LogP contribution in [0.5, 0.6) is 0 Å². The molecule has 68 valence electrons. The first-order valence-corrected chi connectivity index (χ1v) is 4.40. The van der Waals surface area contributed by atoms with Crippen molar-refractivity contribution in [3.63, 3.8) is 0 Å². The highest BCUT2D eigenvalue weighted by Gasteiger charge is 2.17. The average Bonchev–Trinajstić information content (AvgIpc) is 2.07. The van der Waals surface area contributed by atoms with Crippen LogP contribution in [-0.2, 0) is 0 Å². The first-order valence-electron chi connectivity index (χ1n) is 4.40. The molecule has 0 N–H and O–H groups in total. The highest BCUT2D eigenvalue weighted by molar-refractivity contribution is 5.34. The summed E-state index contributed by atoms with van der Waals surface area (Å²) in [4.78, 5) is 0. The summed E-state index contributed by atoms with van der Waals surface area (Å²) in [6.45, 7) is 3.52. The Morgan fingerprint density at radius 1 is 1.25 bits per heavy atom. The lowest BCUT2D eigenvalue weighted by Crippen LogP contribution is -1.99. The van der Waals surface area contributed by atoms with Gasteiger partial charge in [-0.15, -0.1) is 0 Å². The summed E-state index contributed by atoms with van der Waals surface area (Å²) in [5.74, 6) is -0.590. The fourth-order valence-corrected chi connectivity index (χ4v) is 1.48. The number of halogens is 2. The maximum absolute atomic E-state index is 13.3. The van der Waals surface area contributed by atoms with Crippen molar-refractivity contribution in [2.45, 2.75) is 39.5 Å². The van der Waals surface area contributed by atoms with Crippen LogP contribution in [0, 0.1) is 0 Å². The number of hydrogen-bond acceptors (Lipinski definition) is 0. The molecule has 2 heteroatoms. The average molecular weight is 172 g/mol. The van der Waals surface area contributed by atoms with E-state index in [1.54, 1.807) is 0 Å². The van der Waals surface area contributed by atoms with Crippen LogP contribution < -0.4 is 0 Å². The van der Waals surface area contributed by atoms with Gasteiger partial charge >= 0.3 is 0 Å². The Morgan fingerprint density at radius 3 is 2.50 bits per heavy atom. The molecule has 0 amide bonds. The minimum atomic E-state index is -0.305. The Hall–Kier alpha value is -0.660. The Bertz CT molecular complexity index is 232. The van der Waals surface area contributed by atoms with Crippen molar-refractivity contribution in [1.82, 2.24) is 0 Å². The van der Waals surface area contributed by atoms with Crippen LogP contribution in [0.4, 0.5) is 8.78 Å². The molecule has 0 radical (unpaired) electrons. The smallest absolute Gasteiger partial charge is 0.127 e. The van der Waals surface area contributed by atoms with Crippen molar-refractivity contribution in [2.75, 3.05) is 0 Å². The van der Waals surface area contributed by atoms with E-state index >= 15 is 0 Å². The third-order valence-corrected chi connectivity index (χ3v) is 2.24. The Balaban J connectivity index is 2.87. The Kier molecular flexibility index (Phi) is 3.01. The fraction of sp³-hybridized carbons (Fsp3) is 0.600. The Morgan fingerprint density at radius 2 is 1.92 bits per heavy atom.